The lowest BCUT2D eigenvalue weighted by Crippen LogP contribution is -2.44. The molecular weight excluding hydrogens is 328 g/mol. The van der Waals surface area contributed by atoms with E-state index in [0.717, 1.165) is 18.4 Å². The van der Waals surface area contributed by atoms with E-state index >= 15 is 0 Å². The summed E-state index contributed by atoms with van der Waals surface area (Å²) in [7, 11) is -3.46. The summed E-state index contributed by atoms with van der Waals surface area (Å²) in [4.78, 5) is 17.8. The third-order valence-corrected chi connectivity index (χ3v) is 5.61. The van der Waals surface area contributed by atoms with Gasteiger partial charge in [-0.1, -0.05) is 0 Å². The van der Waals surface area contributed by atoms with Gasteiger partial charge in [-0.05, 0) is 64.2 Å². The predicted octanol–water partition coefficient (Wildman–Crippen LogP) is 2.81. The number of carbonyl (C=O) groups excluding carboxylic acids is 1. The fourth-order valence-corrected chi connectivity index (χ4v) is 4.42. The number of likely N-dealkylation sites (tertiary alicyclic amines) is 1. The van der Waals surface area contributed by atoms with E-state index in [0.29, 0.717) is 13.1 Å². The zero-order valence-electron chi connectivity index (χ0n) is 14.8. The number of aryl methyl sites for hydroxylation is 1. The van der Waals surface area contributed by atoms with Crippen molar-refractivity contribution < 1.29 is 17.9 Å². The molecule has 24 heavy (non-hydrogen) atoms. The van der Waals surface area contributed by atoms with E-state index in [1.54, 1.807) is 17.0 Å². The van der Waals surface area contributed by atoms with Crippen molar-refractivity contribution in [3.63, 3.8) is 0 Å². The van der Waals surface area contributed by atoms with E-state index in [1.807, 2.05) is 27.7 Å². The Morgan fingerprint density at radius 1 is 1.42 bits per heavy atom. The topological polar surface area (TPSA) is 76.6 Å². The predicted molar refractivity (Wildman–Crippen MR) is 91.6 cm³/mol. The Morgan fingerprint density at radius 2 is 2.12 bits per heavy atom. The van der Waals surface area contributed by atoms with Crippen LogP contribution in [0.2, 0.25) is 0 Å². The zero-order valence-corrected chi connectivity index (χ0v) is 15.6. The van der Waals surface area contributed by atoms with Crippen LogP contribution in [0.3, 0.4) is 0 Å². The molecule has 1 saturated heterocycles. The van der Waals surface area contributed by atoms with Crippen LogP contribution in [-0.2, 0) is 14.6 Å². The molecule has 134 valence electrons. The zero-order chi connectivity index (χ0) is 18.0. The van der Waals surface area contributed by atoms with Gasteiger partial charge in [0, 0.05) is 19.3 Å². The quantitative estimate of drug-likeness (QED) is 0.834. The van der Waals surface area contributed by atoms with E-state index in [2.05, 4.69) is 4.98 Å². The molecule has 0 bridgehead atoms. The molecule has 1 aromatic heterocycles. The fraction of sp³-hybridized carbons (Fsp3) is 0.647. The van der Waals surface area contributed by atoms with E-state index in [1.165, 1.54) is 6.20 Å². The van der Waals surface area contributed by atoms with Gasteiger partial charge in [-0.2, -0.15) is 0 Å². The average Bonchev–Trinajstić information content (AvgIpc) is 2.45. The largest absolute Gasteiger partial charge is 0.444 e. The maximum atomic E-state index is 12.6. The second-order valence-corrected chi connectivity index (χ2v) is 9.37. The molecule has 6 nitrogen and oxygen atoms in total. The highest BCUT2D eigenvalue weighted by Crippen LogP contribution is 2.23. The van der Waals surface area contributed by atoms with Crippen molar-refractivity contribution in [2.75, 3.05) is 18.8 Å². The molecule has 0 spiro atoms. The molecule has 0 radical (unpaired) electrons. The van der Waals surface area contributed by atoms with Gasteiger partial charge in [0.05, 0.1) is 5.75 Å². The van der Waals surface area contributed by atoms with Crippen LogP contribution in [0.25, 0.3) is 0 Å². The second kappa shape index (κ2) is 7.09. The Hall–Kier alpha value is -1.63. The summed E-state index contributed by atoms with van der Waals surface area (Å²) in [5.41, 5.74) is 0.310. The van der Waals surface area contributed by atoms with Crippen LogP contribution in [0.15, 0.2) is 23.4 Å². The maximum Gasteiger partial charge on any atom is 0.410 e. The van der Waals surface area contributed by atoms with Gasteiger partial charge in [-0.15, -0.1) is 0 Å². The summed E-state index contributed by atoms with van der Waals surface area (Å²) in [5.74, 6) is -0.0958. The number of hydrogen-bond donors (Lipinski definition) is 0. The van der Waals surface area contributed by atoms with E-state index in [-0.39, 0.29) is 22.8 Å². The van der Waals surface area contributed by atoms with Crippen molar-refractivity contribution in [3.8, 4) is 0 Å². The highest BCUT2D eigenvalue weighted by molar-refractivity contribution is 7.91. The van der Waals surface area contributed by atoms with Crippen LogP contribution >= 0.6 is 0 Å². The lowest BCUT2D eigenvalue weighted by molar-refractivity contribution is 0.0176. The SMILES string of the molecule is Cc1ccnc(S(=O)(=O)CC2CCCN(C(=O)OC(C)(C)C)C2)c1. The normalized spacial score (nSPS) is 19.2. The fourth-order valence-electron chi connectivity index (χ4n) is 2.77. The molecule has 1 aromatic rings. The van der Waals surface area contributed by atoms with Gasteiger partial charge in [-0.25, -0.2) is 18.2 Å². The highest BCUT2D eigenvalue weighted by atomic mass is 32.2. The van der Waals surface area contributed by atoms with Crippen LogP contribution in [0.4, 0.5) is 4.79 Å². The number of rotatable bonds is 3. The van der Waals surface area contributed by atoms with Gasteiger partial charge in [0.15, 0.2) is 14.9 Å². The first-order chi connectivity index (χ1) is 11.1. The Kier molecular flexibility index (Phi) is 5.52. The van der Waals surface area contributed by atoms with Gasteiger partial charge in [0.2, 0.25) is 0 Å². The van der Waals surface area contributed by atoms with Crippen molar-refractivity contribution in [1.82, 2.24) is 9.88 Å². The molecule has 0 aliphatic carbocycles. The second-order valence-electron chi connectivity index (χ2n) is 7.39. The number of hydrogen-bond acceptors (Lipinski definition) is 5. The lowest BCUT2D eigenvalue weighted by Gasteiger charge is -2.34. The Balaban J connectivity index is 2.03. The molecule has 1 atom stereocenters. The van der Waals surface area contributed by atoms with Crippen LogP contribution in [0, 0.1) is 12.8 Å². The number of amides is 1. The van der Waals surface area contributed by atoms with Gasteiger partial charge in [0.1, 0.15) is 5.60 Å². The monoisotopic (exact) mass is 354 g/mol. The standard InChI is InChI=1S/C17H26N2O4S/c1-13-7-8-18-15(10-13)24(21,22)12-14-6-5-9-19(11-14)16(20)23-17(2,3)4/h7-8,10,14H,5-6,9,11-12H2,1-4H3. The third-order valence-electron chi connectivity index (χ3n) is 3.83. The van der Waals surface area contributed by atoms with Crippen molar-refractivity contribution in [1.29, 1.82) is 0 Å². The molecule has 2 rings (SSSR count). The molecule has 7 heteroatoms. The minimum Gasteiger partial charge on any atom is -0.444 e. The van der Waals surface area contributed by atoms with E-state index in [4.69, 9.17) is 4.74 Å². The maximum absolute atomic E-state index is 12.6. The minimum absolute atomic E-state index is 0.00273. The smallest absolute Gasteiger partial charge is 0.410 e. The highest BCUT2D eigenvalue weighted by Gasteiger charge is 2.31. The van der Waals surface area contributed by atoms with Gasteiger partial charge < -0.3 is 9.64 Å². The van der Waals surface area contributed by atoms with Crippen molar-refractivity contribution >= 4 is 15.9 Å². The summed E-state index contributed by atoms with van der Waals surface area (Å²) >= 11 is 0. The van der Waals surface area contributed by atoms with Gasteiger partial charge in [-0.3, -0.25) is 0 Å². The lowest BCUT2D eigenvalue weighted by atomic mass is 10.0. The number of aromatic nitrogens is 1. The Bertz CT molecular complexity index is 695. The molecule has 2 heterocycles. The number of ether oxygens (including phenoxy) is 1. The Labute approximate surface area is 144 Å². The number of nitrogens with zero attached hydrogens (tertiary/aromatic N) is 2. The molecule has 1 amide bonds. The van der Waals surface area contributed by atoms with Crippen molar-refractivity contribution in [2.24, 2.45) is 5.92 Å². The number of pyridine rings is 1. The molecule has 0 aromatic carbocycles. The van der Waals surface area contributed by atoms with Crippen molar-refractivity contribution in [3.05, 3.63) is 23.9 Å². The van der Waals surface area contributed by atoms with Gasteiger partial charge >= 0.3 is 6.09 Å². The molecule has 1 unspecified atom stereocenters. The van der Waals surface area contributed by atoms with Crippen molar-refractivity contribution in [2.45, 2.75) is 51.2 Å². The van der Waals surface area contributed by atoms with Crippen LogP contribution in [-0.4, -0.2) is 48.8 Å². The van der Waals surface area contributed by atoms with Gasteiger partial charge in [0.25, 0.3) is 0 Å². The summed E-state index contributed by atoms with van der Waals surface area (Å²) in [5, 5.41) is 0.108. The molecule has 0 saturated carbocycles. The first kappa shape index (κ1) is 18.7. The number of sulfone groups is 1. The summed E-state index contributed by atoms with van der Waals surface area (Å²) < 4.78 is 30.5. The minimum atomic E-state index is -3.46. The summed E-state index contributed by atoms with van der Waals surface area (Å²) in [6.07, 6.45) is 2.69. The molecule has 1 aliphatic heterocycles. The molecule has 0 N–H and O–H groups in total. The molecular formula is C17H26N2O4S. The average molecular weight is 354 g/mol. The van der Waals surface area contributed by atoms with E-state index in [9.17, 15) is 13.2 Å². The number of carbonyl (C=O) groups is 1. The Morgan fingerprint density at radius 3 is 2.75 bits per heavy atom. The molecule has 1 fully saturated rings. The summed E-state index contributed by atoms with van der Waals surface area (Å²) in [6.45, 7) is 8.31. The van der Waals surface area contributed by atoms with Crippen LogP contribution < -0.4 is 0 Å². The third kappa shape index (κ3) is 5.19. The van der Waals surface area contributed by atoms with E-state index < -0.39 is 15.4 Å². The first-order valence-corrected chi connectivity index (χ1v) is 9.85. The first-order valence-electron chi connectivity index (χ1n) is 8.20. The number of piperidine rings is 1. The van der Waals surface area contributed by atoms with Crippen LogP contribution in [0.5, 0.6) is 0 Å². The van der Waals surface area contributed by atoms with Crippen LogP contribution in [0.1, 0.15) is 39.2 Å². The summed E-state index contributed by atoms with van der Waals surface area (Å²) in [6, 6.07) is 3.35. The molecule has 1 aliphatic rings.